The predicted octanol–water partition coefficient (Wildman–Crippen LogP) is 1.49. The maximum Gasteiger partial charge on any atom is 0.323 e. The van der Waals surface area contributed by atoms with Gasteiger partial charge in [-0.05, 0) is 38.0 Å². The van der Waals surface area contributed by atoms with E-state index < -0.39 is 24.2 Å². The van der Waals surface area contributed by atoms with Gasteiger partial charge in [-0.1, -0.05) is 19.9 Å². The summed E-state index contributed by atoms with van der Waals surface area (Å²) in [5.41, 5.74) is 6.39. The molecule has 0 spiro atoms. The SMILES string of the molecule is CC(C)C(=O)O[C@H](C)[C@@H](C)OC(=O)[C@@H](N)Cc1ccc(O)c(O)c1. The summed E-state index contributed by atoms with van der Waals surface area (Å²) in [6.45, 7) is 6.69. The second kappa shape index (κ2) is 8.54. The van der Waals surface area contributed by atoms with E-state index in [1.165, 1.54) is 12.1 Å². The van der Waals surface area contributed by atoms with Crippen molar-refractivity contribution in [3.05, 3.63) is 23.8 Å². The number of benzene rings is 1. The van der Waals surface area contributed by atoms with Gasteiger partial charge in [-0.25, -0.2) is 0 Å². The zero-order valence-corrected chi connectivity index (χ0v) is 14.4. The van der Waals surface area contributed by atoms with Gasteiger partial charge in [-0.2, -0.15) is 0 Å². The third-order valence-corrected chi connectivity index (χ3v) is 3.53. The van der Waals surface area contributed by atoms with E-state index in [1.807, 2.05) is 0 Å². The normalized spacial score (nSPS) is 14.8. The number of phenols is 2. The number of nitrogens with two attached hydrogens (primary N) is 1. The predicted molar refractivity (Wildman–Crippen MR) is 87.4 cm³/mol. The van der Waals surface area contributed by atoms with Crippen molar-refractivity contribution in [1.29, 1.82) is 0 Å². The molecule has 0 radical (unpaired) electrons. The van der Waals surface area contributed by atoms with E-state index in [4.69, 9.17) is 15.2 Å². The van der Waals surface area contributed by atoms with Crippen LogP contribution in [-0.4, -0.2) is 40.4 Å². The van der Waals surface area contributed by atoms with Crippen molar-refractivity contribution in [3.8, 4) is 11.5 Å². The van der Waals surface area contributed by atoms with Crippen LogP contribution in [0, 0.1) is 5.92 Å². The van der Waals surface area contributed by atoms with Crippen LogP contribution in [0.25, 0.3) is 0 Å². The molecule has 0 saturated carbocycles. The highest BCUT2D eigenvalue weighted by molar-refractivity contribution is 5.76. The van der Waals surface area contributed by atoms with E-state index in [-0.39, 0.29) is 29.8 Å². The van der Waals surface area contributed by atoms with E-state index in [1.54, 1.807) is 33.8 Å². The molecular formula is C17H25NO6. The maximum absolute atomic E-state index is 12.0. The zero-order valence-electron chi connectivity index (χ0n) is 14.4. The maximum atomic E-state index is 12.0. The fourth-order valence-electron chi connectivity index (χ4n) is 1.81. The average molecular weight is 339 g/mol. The monoisotopic (exact) mass is 339 g/mol. The Labute approximate surface area is 141 Å². The van der Waals surface area contributed by atoms with Crippen molar-refractivity contribution >= 4 is 11.9 Å². The van der Waals surface area contributed by atoms with Crippen LogP contribution >= 0.6 is 0 Å². The quantitative estimate of drug-likeness (QED) is 0.508. The Bertz CT molecular complexity index is 586. The summed E-state index contributed by atoms with van der Waals surface area (Å²) in [6.07, 6.45) is -1.09. The van der Waals surface area contributed by atoms with Crippen molar-refractivity contribution in [1.82, 2.24) is 0 Å². The molecule has 0 aromatic heterocycles. The molecular weight excluding hydrogens is 314 g/mol. The first-order valence-electron chi connectivity index (χ1n) is 7.79. The van der Waals surface area contributed by atoms with Crippen molar-refractivity contribution in [3.63, 3.8) is 0 Å². The Morgan fingerprint density at radius 3 is 2.04 bits per heavy atom. The van der Waals surface area contributed by atoms with Crippen molar-refractivity contribution < 1.29 is 29.3 Å². The molecule has 0 saturated heterocycles. The highest BCUT2D eigenvalue weighted by Gasteiger charge is 2.25. The van der Waals surface area contributed by atoms with E-state index in [0.717, 1.165) is 0 Å². The second-order valence-corrected chi connectivity index (χ2v) is 6.07. The highest BCUT2D eigenvalue weighted by atomic mass is 16.6. The van der Waals surface area contributed by atoms with E-state index in [0.29, 0.717) is 5.56 Å². The minimum absolute atomic E-state index is 0.138. The minimum atomic E-state index is -0.940. The van der Waals surface area contributed by atoms with Gasteiger partial charge in [0.05, 0.1) is 5.92 Å². The Morgan fingerprint density at radius 1 is 1.00 bits per heavy atom. The summed E-state index contributed by atoms with van der Waals surface area (Å²) in [7, 11) is 0. The molecule has 0 heterocycles. The molecule has 24 heavy (non-hydrogen) atoms. The van der Waals surface area contributed by atoms with Gasteiger partial charge in [-0.15, -0.1) is 0 Å². The van der Waals surface area contributed by atoms with Gasteiger partial charge in [0.1, 0.15) is 18.2 Å². The molecule has 1 rings (SSSR count). The Kier molecular flexibility index (Phi) is 7.03. The Balaban J connectivity index is 2.56. The molecule has 0 amide bonds. The molecule has 3 atom stereocenters. The molecule has 0 aliphatic carbocycles. The van der Waals surface area contributed by atoms with Gasteiger partial charge in [0.2, 0.25) is 0 Å². The van der Waals surface area contributed by atoms with Crippen molar-refractivity contribution in [2.24, 2.45) is 11.7 Å². The first kappa shape index (κ1) is 19.8. The smallest absolute Gasteiger partial charge is 0.323 e. The second-order valence-electron chi connectivity index (χ2n) is 6.07. The van der Waals surface area contributed by atoms with Gasteiger partial charge in [0.25, 0.3) is 0 Å². The summed E-state index contributed by atoms with van der Waals surface area (Å²) in [4.78, 5) is 23.6. The number of hydrogen-bond donors (Lipinski definition) is 3. The first-order valence-corrected chi connectivity index (χ1v) is 7.79. The van der Waals surface area contributed by atoms with Crippen LogP contribution < -0.4 is 5.73 Å². The lowest BCUT2D eigenvalue weighted by Crippen LogP contribution is -2.39. The average Bonchev–Trinajstić information content (AvgIpc) is 2.50. The molecule has 0 aliphatic rings. The summed E-state index contributed by atoms with van der Waals surface area (Å²) >= 11 is 0. The first-order chi connectivity index (χ1) is 11.1. The molecule has 7 nitrogen and oxygen atoms in total. The van der Waals surface area contributed by atoms with Crippen molar-refractivity contribution in [2.75, 3.05) is 0 Å². The number of ether oxygens (including phenoxy) is 2. The fourth-order valence-corrected chi connectivity index (χ4v) is 1.81. The van der Waals surface area contributed by atoms with Crippen LogP contribution in [0.5, 0.6) is 11.5 Å². The lowest BCUT2D eigenvalue weighted by molar-refractivity contribution is -0.168. The lowest BCUT2D eigenvalue weighted by atomic mass is 10.1. The number of carbonyl (C=O) groups excluding carboxylic acids is 2. The fraction of sp³-hybridized carbons (Fsp3) is 0.529. The summed E-state index contributed by atoms with van der Waals surface area (Å²) in [6, 6.07) is 3.26. The Morgan fingerprint density at radius 2 is 1.54 bits per heavy atom. The number of phenolic OH excluding ortho intramolecular Hbond substituents is 2. The summed E-state index contributed by atoms with van der Waals surface area (Å²) < 4.78 is 10.4. The summed E-state index contributed by atoms with van der Waals surface area (Å²) in [5, 5.41) is 18.7. The van der Waals surface area contributed by atoms with Gasteiger partial charge in [0.15, 0.2) is 11.5 Å². The third kappa shape index (κ3) is 5.73. The molecule has 134 valence electrons. The summed E-state index contributed by atoms with van der Waals surface area (Å²) in [5.74, 6) is -1.79. The molecule has 7 heteroatoms. The third-order valence-electron chi connectivity index (χ3n) is 3.53. The lowest BCUT2D eigenvalue weighted by Gasteiger charge is -2.23. The van der Waals surface area contributed by atoms with Crippen LogP contribution in [0.4, 0.5) is 0 Å². The van der Waals surface area contributed by atoms with Crippen LogP contribution in [0.15, 0.2) is 18.2 Å². The minimum Gasteiger partial charge on any atom is -0.504 e. The zero-order chi connectivity index (χ0) is 18.4. The van der Waals surface area contributed by atoms with E-state index in [2.05, 4.69) is 0 Å². The van der Waals surface area contributed by atoms with E-state index in [9.17, 15) is 19.8 Å². The number of hydrogen-bond acceptors (Lipinski definition) is 7. The van der Waals surface area contributed by atoms with Crippen LogP contribution in [0.2, 0.25) is 0 Å². The van der Waals surface area contributed by atoms with E-state index >= 15 is 0 Å². The molecule has 0 fully saturated rings. The molecule has 0 aliphatic heterocycles. The number of rotatable bonds is 7. The molecule has 1 aromatic rings. The van der Waals surface area contributed by atoms with Crippen LogP contribution in [0.1, 0.15) is 33.3 Å². The molecule has 0 unspecified atom stereocenters. The van der Waals surface area contributed by atoms with Crippen LogP contribution in [0.3, 0.4) is 0 Å². The number of aromatic hydroxyl groups is 2. The molecule has 1 aromatic carbocycles. The van der Waals surface area contributed by atoms with Gasteiger partial charge >= 0.3 is 11.9 Å². The van der Waals surface area contributed by atoms with Crippen LogP contribution in [-0.2, 0) is 25.5 Å². The topological polar surface area (TPSA) is 119 Å². The number of carbonyl (C=O) groups is 2. The largest absolute Gasteiger partial charge is 0.504 e. The molecule has 4 N–H and O–H groups in total. The van der Waals surface area contributed by atoms with Gasteiger partial charge in [0, 0.05) is 0 Å². The van der Waals surface area contributed by atoms with Crippen molar-refractivity contribution in [2.45, 2.75) is 52.4 Å². The highest BCUT2D eigenvalue weighted by Crippen LogP contribution is 2.25. The standard InChI is InChI=1S/C17H25NO6/c1-9(2)16(21)23-10(3)11(4)24-17(22)13(18)7-12-5-6-14(19)15(20)8-12/h5-6,8-11,13,19-20H,7,18H2,1-4H3/t10-,11-,13+/m1/s1. The number of esters is 2. The molecule has 0 bridgehead atoms. The Hall–Kier alpha value is -2.28. The van der Waals surface area contributed by atoms with Gasteiger partial charge < -0.3 is 25.4 Å². The van der Waals surface area contributed by atoms with Gasteiger partial charge in [-0.3, -0.25) is 9.59 Å².